The van der Waals surface area contributed by atoms with Gasteiger partial charge in [0.1, 0.15) is 17.5 Å². The maximum atomic E-state index is 12.9. The lowest BCUT2D eigenvalue weighted by Crippen LogP contribution is -2.40. The second-order valence-corrected chi connectivity index (χ2v) is 6.99. The van der Waals surface area contributed by atoms with E-state index in [2.05, 4.69) is 15.2 Å². The molecule has 3 aromatic rings. The van der Waals surface area contributed by atoms with Crippen molar-refractivity contribution in [3.05, 3.63) is 29.3 Å². The van der Waals surface area contributed by atoms with Gasteiger partial charge in [0.25, 0.3) is 5.91 Å². The minimum Gasteiger partial charge on any atom is -0.336 e. The summed E-state index contributed by atoms with van der Waals surface area (Å²) in [6, 6.07) is 2.19. The van der Waals surface area contributed by atoms with Crippen LogP contribution in [-0.4, -0.2) is 48.4 Å². The summed E-state index contributed by atoms with van der Waals surface area (Å²) in [5.74, 6) is 0.107. The molecule has 1 amide bonds. The van der Waals surface area contributed by atoms with Crippen LogP contribution in [-0.2, 0) is 7.05 Å². The highest BCUT2D eigenvalue weighted by molar-refractivity contribution is 7.20. The zero-order valence-electron chi connectivity index (χ0n) is 13.1. The summed E-state index contributed by atoms with van der Waals surface area (Å²) in [4.78, 5) is 20.6. The van der Waals surface area contributed by atoms with Crippen LogP contribution in [0.1, 0.15) is 34.2 Å². The molecule has 0 saturated carbocycles. The van der Waals surface area contributed by atoms with Crippen LogP contribution in [0.5, 0.6) is 0 Å². The number of thiophene rings is 1. The molecule has 1 fully saturated rings. The zero-order chi connectivity index (χ0) is 16.0. The Morgan fingerprint density at radius 1 is 1.43 bits per heavy atom. The normalized spacial score (nSPS) is 18.7. The number of amides is 1. The molecule has 1 aliphatic rings. The van der Waals surface area contributed by atoms with Gasteiger partial charge in [-0.3, -0.25) is 9.48 Å². The van der Waals surface area contributed by atoms with Crippen molar-refractivity contribution in [2.45, 2.75) is 25.8 Å². The highest BCUT2D eigenvalue weighted by Gasteiger charge is 2.27. The number of nitrogens with zero attached hydrogens (tertiary/aromatic N) is 6. The average molecular weight is 330 g/mol. The fourth-order valence-corrected chi connectivity index (χ4v) is 4.32. The number of carbonyl (C=O) groups is 1. The molecule has 0 aliphatic carbocycles. The van der Waals surface area contributed by atoms with Gasteiger partial charge in [-0.2, -0.15) is 10.2 Å². The van der Waals surface area contributed by atoms with Gasteiger partial charge in [0, 0.05) is 25.5 Å². The maximum Gasteiger partial charge on any atom is 0.264 e. The van der Waals surface area contributed by atoms with Gasteiger partial charge in [-0.15, -0.1) is 11.3 Å². The van der Waals surface area contributed by atoms with Crippen LogP contribution >= 0.6 is 11.3 Å². The number of fused-ring (bicyclic) bond motifs is 1. The first-order valence-corrected chi connectivity index (χ1v) is 8.51. The van der Waals surface area contributed by atoms with Gasteiger partial charge in [-0.05, 0) is 25.8 Å². The summed E-state index contributed by atoms with van der Waals surface area (Å²) >= 11 is 1.52. The lowest BCUT2D eigenvalue weighted by atomic mass is 10.1. The molecule has 23 heavy (non-hydrogen) atoms. The number of rotatable bonds is 2. The summed E-state index contributed by atoms with van der Waals surface area (Å²) in [5, 5.41) is 9.68. The first-order chi connectivity index (χ1) is 11.1. The molecule has 4 rings (SSSR count). The van der Waals surface area contributed by atoms with Crippen molar-refractivity contribution >= 4 is 27.5 Å². The minimum atomic E-state index is 0.107. The molecule has 120 valence electrons. The first kappa shape index (κ1) is 14.4. The largest absolute Gasteiger partial charge is 0.336 e. The van der Waals surface area contributed by atoms with Crippen LogP contribution in [0.15, 0.2) is 18.7 Å². The van der Waals surface area contributed by atoms with Gasteiger partial charge < -0.3 is 4.90 Å². The lowest BCUT2D eigenvalue weighted by molar-refractivity contribution is 0.0678. The maximum absolute atomic E-state index is 12.9. The molecule has 7 nitrogen and oxygen atoms in total. The van der Waals surface area contributed by atoms with E-state index in [1.807, 2.05) is 34.3 Å². The van der Waals surface area contributed by atoms with Crippen molar-refractivity contribution in [2.24, 2.45) is 7.05 Å². The monoisotopic (exact) mass is 330 g/mol. The summed E-state index contributed by atoms with van der Waals surface area (Å²) in [7, 11) is 1.92. The molecule has 0 aromatic carbocycles. The smallest absolute Gasteiger partial charge is 0.264 e. The molecule has 0 unspecified atom stereocenters. The highest BCUT2D eigenvalue weighted by atomic mass is 32.1. The quantitative estimate of drug-likeness (QED) is 0.721. The summed E-state index contributed by atoms with van der Waals surface area (Å²) < 4.78 is 3.71. The Labute approximate surface area is 137 Å². The summed E-state index contributed by atoms with van der Waals surface area (Å²) in [6.07, 6.45) is 5.29. The number of carbonyl (C=O) groups excluding carboxylic acids is 1. The van der Waals surface area contributed by atoms with Gasteiger partial charge in [0.2, 0.25) is 0 Å². The number of hydrogen-bond acceptors (Lipinski definition) is 5. The van der Waals surface area contributed by atoms with Gasteiger partial charge in [-0.25, -0.2) is 9.67 Å². The number of aryl methyl sites for hydroxylation is 2. The van der Waals surface area contributed by atoms with Crippen molar-refractivity contribution < 1.29 is 4.79 Å². The van der Waals surface area contributed by atoms with E-state index in [4.69, 9.17) is 0 Å². The molecular formula is C15H18N6OS. The molecule has 0 radical (unpaired) electrons. The third-order valence-corrected chi connectivity index (χ3v) is 5.59. The molecule has 3 aromatic heterocycles. The summed E-state index contributed by atoms with van der Waals surface area (Å²) in [5.41, 5.74) is 0.969. The topological polar surface area (TPSA) is 68.8 Å². The zero-order valence-corrected chi connectivity index (χ0v) is 14.0. The predicted octanol–water partition coefficient (Wildman–Crippen LogP) is 2.01. The molecule has 8 heteroatoms. The van der Waals surface area contributed by atoms with Crippen LogP contribution in [0.25, 0.3) is 10.2 Å². The Balaban J connectivity index is 1.58. The fraction of sp³-hybridized carbons (Fsp3) is 0.467. The molecular weight excluding hydrogens is 312 g/mol. The van der Waals surface area contributed by atoms with Crippen LogP contribution in [0.2, 0.25) is 0 Å². The third-order valence-electron chi connectivity index (χ3n) is 4.40. The van der Waals surface area contributed by atoms with Gasteiger partial charge in [0.15, 0.2) is 0 Å². The van der Waals surface area contributed by atoms with Gasteiger partial charge in [0.05, 0.1) is 16.6 Å². The van der Waals surface area contributed by atoms with Crippen molar-refractivity contribution in [1.82, 2.24) is 29.4 Å². The number of piperidine rings is 1. The molecule has 1 atom stereocenters. The van der Waals surface area contributed by atoms with Gasteiger partial charge in [-0.1, -0.05) is 0 Å². The molecule has 1 aliphatic heterocycles. The minimum absolute atomic E-state index is 0.107. The number of aromatic nitrogens is 5. The Morgan fingerprint density at radius 2 is 2.30 bits per heavy atom. The molecule has 0 bridgehead atoms. The van der Waals surface area contributed by atoms with Crippen LogP contribution in [0, 0.1) is 6.92 Å². The molecule has 4 heterocycles. The Bertz CT molecular complexity index is 814. The van der Waals surface area contributed by atoms with E-state index in [1.165, 1.54) is 11.3 Å². The lowest BCUT2D eigenvalue weighted by Gasteiger charge is -2.32. The van der Waals surface area contributed by atoms with Crippen molar-refractivity contribution in [3.63, 3.8) is 0 Å². The SMILES string of the molecule is Cc1nn(C)c2sc(C(=O)N3CCC[C@@H](n4cncn4)C3)cc12. The predicted molar refractivity (Wildman–Crippen MR) is 87.5 cm³/mol. The highest BCUT2D eigenvalue weighted by Crippen LogP contribution is 2.30. The first-order valence-electron chi connectivity index (χ1n) is 7.70. The van der Waals surface area contributed by atoms with Crippen molar-refractivity contribution in [2.75, 3.05) is 13.1 Å². The Morgan fingerprint density at radius 3 is 3.04 bits per heavy atom. The second kappa shape index (κ2) is 5.45. The standard InChI is InChI=1S/C15H18N6OS/c1-10-12-6-13(23-15(12)19(2)18-10)14(22)20-5-3-4-11(7-20)21-9-16-8-17-21/h6,8-9,11H,3-5,7H2,1-2H3/t11-/m1/s1. The third kappa shape index (κ3) is 2.42. The van der Waals surface area contributed by atoms with E-state index in [0.717, 1.165) is 40.2 Å². The molecule has 0 N–H and O–H groups in total. The summed E-state index contributed by atoms with van der Waals surface area (Å²) in [6.45, 7) is 3.47. The molecule has 1 saturated heterocycles. The number of likely N-dealkylation sites (tertiary alicyclic amines) is 1. The second-order valence-electron chi connectivity index (χ2n) is 5.96. The van der Waals surface area contributed by atoms with Crippen LogP contribution < -0.4 is 0 Å². The number of hydrogen-bond donors (Lipinski definition) is 0. The van der Waals surface area contributed by atoms with E-state index >= 15 is 0 Å². The molecule has 0 spiro atoms. The van der Waals surface area contributed by atoms with E-state index in [9.17, 15) is 4.79 Å². The van der Waals surface area contributed by atoms with Crippen LogP contribution in [0.4, 0.5) is 0 Å². The Hall–Kier alpha value is -2.22. The van der Waals surface area contributed by atoms with Crippen molar-refractivity contribution in [3.8, 4) is 0 Å². The van der Waals surface area contributed by atoms with E-state index in [-0.39, 0.29) is 11.9 Å². The van der Waals surface area contributed by atoms with Crippen LogP contribution in [0.3, 0.4) is 0 Å². The average Bonchev–Trinajstić information content (AvgIpc) is 3.27. The van der Waals surface area contributed by atoms with Crippen molar-refractivity contribution in [1.29, 1.82) is 0 Å². The van der Waals surface area contributed by atoms with E-state index in [0.29, 0.717) is 6.54 Å². The Kier molecular flexibility index (Phi) is 3.41. The fourth-order valence-electron chi connectivity index (χ4n) is 3.23. The van der Waals surface area contributed by atoms with E-state index < -0.39 is 0 Å². The van der Waals surface area contributed by atoms with E-state index in [1.54, 1.807) is 12.7 Å². The van der Waals surface area contributed by atoms with Gasteiger partial charge >= 0.3 is 0 Å².